The summed E-state index contributed by atoms with van der Waals surface area (Å²) in [7, 11) is 0. The average Bonchev–Trinajstić information content (AvgIpc) is 3.40. The first-order valence-electron chi connectivity index (χ1n) is 10.1. The lowest BCUT2D eigenvalue weighted by Crippen LogP contribution is -2.29. The van der Waals surface area contributed by atoms with Crippen molar-refractivity contribution in [1.82, 2.24) is 9.97 Å². The molecule has 3 nitrogen and oxygen atoms in total. The molecule has 2 aromatic heterocycles. The third-order valence-corrected chi connectivity index (χ3v) is 7.29. The topological polar surface area (TPSA) is 37.8 Å². The molecule has 29 heavy (non-hydrogen) atoms. The molecular weight excluding hydrogens is 374 g/mol. The van der Waals surface area contributed by atoms with Crippen LogP contribution in [0.5, 0.6) is 0 Å². The van der Waals surface area contributed by atoms with Gasteiger partial charge in [0.2, 0.25) is 0 Å². The minimum atomic E-state index is 0.321. The summed E-state index contributed by atoms with van der Waals surface area (Å²) >= 11 is 1.78. The Bertz CT molecular complexity index is 1240. The quantitative estimate of drug-likeness (QED) is 0.394. The van der Waals surface area contributed by atoms with Crippen molar-refractivity contribution >= 4 is 27.2 Å². The Morgan fingerprint density at radius 2 is 1.93 bits per heavy atom. The molecule has 1 aliphatic heterocycles. The number of anilines is 1. The fraction of sp³-hybridized carbons (Fsp3) is 0.200. The highest BCUT2D eigenvalue weighted by molar-refractivity contribution is 7.21. The lowest BCUT2D eigenvalue weighted by molar-refractivity contribution is 0.425. The van der Waals surface area contributed by atoms with Crippen molar-refractivity contribution in [3.05, 3.63) is 89.8 Å². The predicted molar refractivity (Wildman–Crippen MR) is 120 cm³/mol. The minimum Gasteiger partial charge on any atom is -0.378 e. The molecular formula is C25H21N3S. The van der Waals surface area contributed by atoms with Crippen LogP contribution in [0.2, 0.25) is 0 Å². The molecule has 0 bridgehead atoms. The summed E-state index contributed by atoms with van der Waals surface area (Å²) in [6.07, 6.45) is 9.62. The van der Waals surface area contributed by atoms with E-state index < -0.39 is 0 Å². The fourth-order valence-corrected chi connectivity index (χ4v) is 5.84. The van der Waals surface area contributed by atoms with E-state index in [9.17, 15) is 0 Å². The van der Waals surface area contributed by atoms with Crippen molar-refractivity contribution in [2.75, 3.05) is 5.32 Å². The third-order valence-electron chi connectivity index (χ3n) is 6.22. The molecule has 0 radical (unpaired) electrons. The lowest BCUT2D eigenvalue weighted by Gasteiger charge is -2.37. The third kappa shape index (κ3) is 2.78. The Morgan fingerprint density at radius 1 is 1.03 bits per heavy atom. The van der Waals surface area contributed by atoms with Gasteiger partial charge in [-0.05, 0) is 78.4 Å². The predicted octanol–water partition coefficient (Wildman–Crippen LogP) is 6.49. The summed E-state index contributed by atoms with van der Waals surface area (Å²) in [6.45, 7) is 2.13. The van der Waals surface area contributed by atoms with Crippen LogP contribution in [0.25, 0.3) is 20.8 Å². The summed E-state index contributed by atoms with van der Waals surface area (Å²) in [4.78, 5) is 9.08. The molecule has 2 aliphatic rings. The smallest absolute Gasteiger partial charge is 0.124 e. The van der Waals surface area contributed by atoms with Crippen LogP contribution in [0, 0.1) is 12.8 Å². The van der Waals surface area contributed by atoms with Crippen LogP contribution in [0.3, 0.4) is 0 Å². The summed E-state index contributed by atoms with van der Waals surface area (Å²) < 4.78 is 1.26. The van der Waals surface area contributed by atoms with Gasteiger partial charge in [0.1, 0.15) is 5.01 Å². The maximum absolute atomic E-state index is 4.89. The number of hydrogen-bond donors (Lipinski definition) is 1. The summed E-state index contributed by atoms with van der Waals surface area (Å²) in [5.41, 5.74) is 7.52. The molecule has 0 saturated heterocycles. The zero-order valence-corrected chi connectivity index (χ0v) is 17.0. The molecule has 3 heterocycles. The first kappa shape index (κ1) is 16.9. The van der Waals surface area contributed by atoms with Gasteiger partial charge in [-0.25, -0.2) is 4.98 Å². The van der Waals surface area contributed by atoms with Crippen molar-refractivity contribution in [1.29, 1.82) is 0 Å². The number of nitrogens with one attached hydrogen (secondary N) is 1. The molecule has 2 aromatic carbocycles. The van der Waals surface area contributed by atoms with Crippen LogP contribution in [0.4, 0.5) is 5.69 Å². The van der Waals surface area contributed by atoms with Gasteiger partial charge in [0.05, 0.1) is 16.3 Å². The monoisotopic (exact) mass is 395 g/mol. The van der Waals surface area contributed by atoms with Crippen LogP contribution in [-0.2, 0) is 0 Å². The molecule has 0 unspecified atom stereocenters. The summed E-state index contributed by atoms with van der Waals surface area (Å²) in [6, 6.07) is 17.9. The zero-order chi connectivity index (χ0) is 19.4. The Balaban J connectivity index is 1.42. The molecule has 1 aliphatic carbocycles. The van der Waals surface area contributed by atoms with Gasteiger partial charge in [0.25, 0.3) is 0 Å². The van der Waals surface area contributed by atoms with Crippen molar-refractivity contribution in [2.45, 2.75) is 25.3 Å². The molecule has 0 saturated carbocycles. The molecule has 3 atom stereocenters. The van der Waals surface area contributed by atoms with E-state index >= 15 is 0 Å². The summed E-state index contributed by atoms with van der Waals surface area (Å²) in [5, 5.41) is 4.91. The van der Waals surface area contributed by atoms with E-state index in [-0.39, 0.29) is 0 Å². The number of aryl methyl sites for hydroxylation is 1. The van der Waals surface area contributed by atoms with Crippen LogP contribution < -0.4 is 5.32 Å². The SMILES string of the molecule is Cc1ccc2nc(-c3ccc4c(c3)[C@@H]3C=CC[C@@H]3[C@H](c3ccncc3)N4)sc2c1. The molecule has 4 heteroatoms. The number of rotatable bonds is 2. The highest BCUT2D eigenvalue weighted by Crippen LogP contribution is 2.50. The van der Waals surface area contributed by atoms with Gasteiger partial charge >= 0.3 is 0 Å². The fourth-order valence-electron chi connectivity index (χ4n) is 4.78. The maximum Gasteiger partial charge on any atom is 0.124 e. The Labute approximate surface area is 174 Å². The van der Waals surface area contributed by atoms with Crippen molar-refractivity contribution in [3.63, 3.8) is 0 Å². The van der Waals surface area contributed by atoms with Gasteiger partial charge in [-0.15, -0.1) is 11.3 Å². The number of allylic oxidation sites excluding steroid dienone is 2. The first-order valence-corrected chi connectivity index (χ1v) is 10.9. The maximum atomic E-state index is 4.89. The Kier molecular flexibility index (Phi) is 3.81. The molecule has 1 N–H and O–H groups in total. The second-order valence-electron chi connectivity index (χ2n) is 8.05. The van der Waals surface area contributed by atoms with Gasteiger partial charge in [-0.1, -0.05) is 18.2 Å². The second-order valence-corrected chi connectivity index (χ2v) is 9.08. The molecule has 0 fully saturated rings. The van der Waals surface area contributed by atoms with E-state index in [4.69, 9.17) is 4.98 Å². The number of fused-ring (bicyclic) bond motifs is 4. The highest BCUT2D eigenvalue weighted by Gasteiger charge is 2.38. The molecule has 0 amide bonds. The van der Waals surface area contributed by atoms with Crippen molar-refractivity contribution < 1.29 is 0 Å². The van der Waals surface area contributed by atoms with E-state index in [1.54, 1.807) is 11.3 Å². The number of nitrogens with zero attached hydrogens (tertiary/aromatic N) is 2. The van der Waals surface area contributed by atoms with E-state index in [0.717, 1.165) is 16.9 Å². The van der Waals surface area contributed by atoms with E-state index in [1.165, 1.54) is 32.6 Å². The van der Waals surface area contributed by atoms with Gasteiger partial charge in [0.15, 0.2) is 0 Å². The highest BCUT2D eigenvalue weighted by atomic mass is 32.1. The molecule has 142 valence electrons. The summed E-state index contributed by atoms with van der Waals surface area (Å²) in [5.74, 6) is 0.985. The van der Waals surface area contributed by atoms with Gasteiger partial charge in [0, 0.05) is 29.6 Å². The zero-order valence-electron chi connectivity index (χ0n) is 16.2. The Hall–Kier alpha value is -2.98. The molecule has 6 rings (SSSR count). The standard InChI is InChI=1S/C25H21N3S/c1-15-5-7-22-23(13-15)29-25(28-22)17-6-8-21-20(14-17)18-3-2-4-19(18)24(27-21)16-9-11-26-12-10-16/h2-3,5-14,18-19,24,27H,4H2,1H3/t18-,19+,24+/m1/s1. The van der Waals surface area contributed by atoms with Crippen molar-refractivity contribution in [3.8, 4) is 10.6 Å². The number of pyridine rings is 1. The van der Waals surface area contributed by atoms with E-state index in [1.807, 2.05) is 12.4 Å². The minimum absolute atomic E-state index is 0.321. The average molecular weight is 396 g/mol. The largest absolute Gasteiger partial charge is 0.378 e. The Morgan fingerprint density at radius 3 is 2.83 bits per heavy atom. The van der Waals surface area contributed by atoms with Crippen molar-refractivity contribution in [2.24, 2.45) is 5.92 Å². The number of hydrogen-bond acceptors (Lipinski definition) is 4. The first-order chi connectivity index (χ1) is 14.3. The van der Waals surface area contributed by atoms with Crippen LogP contribution >= 0.6 is 11.3 Å². The van der Waals surface area contributed by atoms with Gasteiger partial charge in [-0.2, -0.15) is 0 Å². The lowest BCUT2D eigenvalue weighted by atomic mass is 9.77. The van der Waals surface area contributed by atoms with E-state index in [2.05, 4.69) is 77.9 Å². The number of thiazole rings is 1. The van der Waals surface area contributed by atoms with Crippen LogP contribution in [-0.4, -0.2) is 9.97 Å². The number of aromatic nitrogens is 2. The van der Waals surface area contributed by atoms with Gasteiger partial charge in [-0.3, -0.25) is 4.98 Å². The van der Waals surface area contributed by atoms with Crippen LogP contribution in [0.1, 0.15) is 35.1 Å². The van der Waals surface area contributed by atoms with E-state index in [0.29, 0.717) is 17.9 Å². The van der Waals surface area contributed by atoms with Crippen LogP contribution in [0.15, 0.2) is 73.1 Å². The molecule has 4 aromatic rings. The molecule has 0 spiro atoms. The normalized spacial score (nSPS) is 22.3. The second kappa shape index (κ2) is 6.53. The number of benzene rings is 2. The van der Waals surface area contributed by atoms with Gasteiger partial charge < -0.3 is 5.32 Å².